The zero-order valence-corrected chi connectivity index (χ0v) is 20.2. The van der Waals surface area contributed by atoms with E-state index >= 15 is 0 Å². The minimum atomic E-state index is -0.876. The Morgan fingerprint density at radius 2 is 1.58 bits per heavy atom. The SMILES string of the molecule is C=CC(C/C=C\COC(=O)CCN(CCCN(CCO)CCO)CCC(=O)O)CC/C=C/C. The number of aliphatic hydroxyl groups is 2. The Kier molecular flexibility index (Phi) is 20.5. The average Bonchev–Trinajstić information content (AvgIpc) is 2.79. The van der Waals surface area contributed by atoms with E-state index < -0.39 is 5.97 Å². The van der Waals surface area contributed by atoms with Gasteiger partial charge in [-0.15, -0.1) is 6.58 Å². The lowest BCUT2D eigenvalue weighted by atomic mass is 9.99. The molecule has 0 rings (SSSR count). The topological polar surface area (TPSA) is 111 Å². The molecule has 0 aliphatic rings. The van der Waals surface area contributed by atoms with Gasteiger partial charge < -0.3 is 25.0 Å². The van der Waals surface area contributed by atoms with Gasteiger partial charge in [0.05, 0.1) is 26.1 Å². The summed E-state index contributed by atoms with van der Waals surface area (Å²) in [7, 11) is 0. The fraction of sp³-hybridized carbons (Fsp3) is 0.680. The standard InChI is InChI=1S/C25H44N2O6/c1-3-5-6-10-23(4-2)11-7-8-22-33-25(32)13-17-26(16-12-24(30)31)14-9-15-27(18-20-28)19-21-29/h3-5,7-8,23,28-29H,2,6,9-22H2,1H3,(H,30,31)/b5-3+,8-7-. The molecule has 0 saturated carbocycles. The molecule has 0 aliphatic carbocycles. The van der Waals surface area contributed by atoms with Gasteiger partial charge in [0.1, 0.15) is 6.61 Å². The first-order chi connectivity index (χ1) is 16.0. The fourth-order valence-corrected chi connectivity index (χ4v) is 3.34. The molecule has 0 aromatic heterocycles. The highest BCUT2D eigenvalue weighted by Gasteiger charge is 2.12. The number of nitrogens with zero attached hydrogens (tertiary/aromatic N) is 2. The number of rotatable bonds is 22. The number of aliphatic hydroxyl groups excluding tert-OH is 2. The molecule has 0 spiro atoms. The third-order valence-electron chi connectivity index (χ3n) is 5.27. The highest BCUT2D eigenvalue weighted by Crippen LogP contribution is 2.13. The summed E-state index contributed by atoms with van der Waals surface area (Å²) in [6.07, 6.45) is 13.9. The van der Waals surface area contributed by atoms with Crippen LogP contribution in [0.15, 0.2) is 37.0 Å². The molecule has 1 unspecified atom stereocenters. The van der Waals surface area contributed by atoms with Gasteiger partial charge in [-0.1, -0.05) is 30.4 Å². The van der Waals surface area contributed by atoms with Gasteiger partial charge in [-0.05, 0) is 51.6 Å². The maximum Gasteiger partial charge on any atom is 0.307 e. The van der Waals surface area contributed by atoms with Crippen molar-refractivity contribution in [2.45, 2.75) is 45.4 Å². The number of aliphatic carboxylic acids is 1. The quantitative estimate of drug-likeness (QED) is 0.164. The van der Waals surface area contributed by atoms with Crippen LogP contribution in [0.5, 0.6) is 0 Å². The summed E-state index contributed by atoms with van der Waals surface area (Å²) in [5.41, 5.74) is 0. The Balaban J connectivity index is 4.31. The predicted octanol–water partition coefficient (Wildman–Crippen LogP) is 2.48. The molecular formula is C25H44N2O6. The molecule has 3 N–H and O–H groups in total. The molecule has 190 valence electrons. The Morgan fingerprint density at radius 1 is 0.939 bits per heavy atom. The van der Waals surface area contributed by atoms with E-state index in [0.717, 1.165) is 25.7 Å². The lowest BCUT2D eigenvalue weighted by Gasteiger charge is -2.24. The van der Waals surface area contributed by atoms with Crippen LogP contribution in [0.3, 0.4) is 0 Å². The van der Waals surface area contributed by atoms with Gasteiger partial charge >= 0.3 is 11.9 Å². The first-order valence-corrected chi connectivity index (χ1v) is 11.9. The third-order valence-corrected chi connectivity index (χ3v) is 5.27. The summed E-state index contributed by atoms with van der Waals surface area (Å²) >= 11 is 0. The minimum absolute atomic E-state index is 0.00724. The van der Waals surface area contributed by atoms with Crippen LogP contribution in [0.25, 0.3) is 0 Å². The van der Waals surface area contributed by atoms with Crippen molar-refractivity contribution in [1.29, 1.82) is 0 Å². The molecule has 0 amide bonds. The Hall–Kier alpha value is -2.00. The molecule has 8 nitrogen and oxygen atoms in total. The molecule has 0 bridgehead atoms. The third kappa shape index (κ3) is 19.2. The summed E-state index contributed by atoms with van der Waals surface area (Å²) < 4.78 is 5.27. The van der Waals surface area contributed by atoms with Gasteiger partial charge in [0.15, 0.2) is 0 Å². The molecule has 8 heteroatoms. The van der Waals surface area contributed by atoms with Crippen LogP contribution in [0, 0.1) is 5.92 Å². The van der Waals surface area contributed by atoms with Crippen LogP contribution in [0.1, 0.15) is 45.4 Å². The summed E-state index contributed by atoms with van der Waals surface area (Å²) in [6, 6.07) is 0. The largest absolute Gasteiger partial charge is 0.481 e. The number of esters is 1. The number of carbonyl (C=O) groups excluding carboxylic acids is 1. The highest BCUT2D eigenvalue weighted by molar-refractivity contribution is 5.69. The molecule has 0 fully saturated rings. The fourth-order valence-electron chi connectivity index (χ4n) is 3.34. The van der Waals surface area contributed by atoms with E-state index in [2.05, 4.69) is 12.7 Å². The number of carboxylic acids is 1. The average molecular weight is 469 g/mol. The van der Waals surface area contributed by atoms with Crippen LogP contribution < -0.4 is 0 Å². The molecule has 0 aromatic rings. The van der Waals surface area contributed by atoms with Crippen LogP contribution in [-0.4, -0.2) is 96.1 Å². The molecule has 0 saturated heterocycles. The second-order valence-corrected chi connectivity index (χ2v) is 7.91. The van der Waals surface area contributed by atoms with Gasteiger partial charge in [-0.25, -0.2) is 0 Å². The molecule has 0 heterocycles. The Morgan fingerprint density at radius 3 is 2.15 bits per heavy atom. The van der Waals surface area contributed by atoms with Crippen LogP contribution >= 0.6 is 0 Å². The number of hydrogen-bond donors (Lipinski definition) is 3. The van der Waals surface area contributed by atoms with Gasteiger partial charge in [0, 0.05) is 26.2 Å². The monoisotopic (exact) mass is 468 g/mol. The summed E-state index contributed by atoms with van der Waals surface area (Å²) in [4.78, 5) is 26.9. The minimum Gasteiger partial charge on any atom is -0.481 e. The van der Waals surface area contributed by atoms with Crippen molar-refractivity contribution in [3.05, 3.63) is 37.0 Å². The van der Waals surface area contributed by atoms with E-state index in [0.29, 0.717) is 45.2 Å². The zero-order chi connectivity index (χ0) is 24.7. The summed E-state index contributed by atoms with van der Waals surface area (Å²) in [5, 5.41) is 27.2. The van der Waals surface area contributed by atoms with E-state index in [9.17, 15) is 9.59 Å². The summed E-state index contributed by atoms with van der Waals surface area (Å²) in [5.74, 6) is -0.782. The van der Waals surface area contributed by atoms with Crippen molar-refractivity contribution in [3.8, 4) is 0 Å². The van der Waals surface area contributed by atoms with E-state index in [4.69, 9.17) is 20.1 Å². The van der Waals surface area contributed by atoms with E-state index in [-0.39, 0.29) is 38.6 Å². The number of carbonyl (C=O) groups is 2. The maximum absolute atomic E-state index is 12.1. The predicted molar refractivity (Wildman–Crippen MR) is 131 cm³/mol. The summed E-state index contributed by atoms with van der Waals surface area (Å²) in [6.45, 7) is 9.22. The first-order valence-electron chi connectivity index (χ1n) is 11.9. The molecular weight excluding hydrogens is 424 g/mol. The van der Waals surface area contributed by atoms with Crippen LogP contribution in [0.2, 0.25) is 0 Å². The zero-order valence-electron chi connectivity index (χ0n) is 20.2. The smallest absolute Gasteiger partial charge is 0.307 e. The van der Waals surface area contributed by atoms with Crippen molar-refractivity contribution in [1.82, 2.24) is 9.80 Å². The van der Waals surface area contributed by atoms with Crippen molar-refractivity contribution >= 4 is 11.9 Å². The molecule has 0 aliphatic heterocycles. The molecule has 1 atom stereocenters. The van der Waals surface area contributed by atoms with Crippen molar-refractivity contribution in [3.63, 3.8) is 0 Å². The second-order valence-electron chi connectivity index (χ2n) is 7.91. The molecule has 33 heavy (non-hydrogen) atoms. The highest BCUT2D eigenvalue weighted by atomic mass is 16.5. The Bertz CT molecular complexity index is 573. The van der Waals surface area contributed by atoms with Crippen molar-refractivity contribution in [2.75, 3.05) is 59.1 Å². The maximum atomic E-state index is 12.1. The van der Waals surface area contributed by atoms with Crippen molar-refractivity contribution < 1.29 is 29.6 Å². The second kappa shape index (κ2) is 21.8. The number of carboxylic acid groups (broad SMARTS) is 1. The van der Waals surface area contributed by atoms with E-state index in [1.165, 1.54) is 0 Å². The Labute approximate surface area is 199 Å². The van der Waals surface area contributed by atoms with Crippen LogP contribution in [0.4, 0.5) is 0 Å². The normalized spacial score (nSPS) is 12.8. The van der Waals surface area contributed by atoms with Gasteiger partial charge in [0.2, 0.25) is 0 Å². The first kappa shape index (κ1) is 31.0. The number of ether oxygens (including phenoxy) is 1. The number of hydrogen-bond acceptors (Lipinski definition) is 7. The van der Waals surface area contributed by atoms with Gasteiger partial charge in [0.25, 0.3) is 0 Å². The molecule has 0 radical (unpaired) electrons. The van der Waals surface area contributed by atoms with E-state index in [1.54, 1.807) is 0 Å². The van der Waals surface area contributed by atoms with Crippen LogP contribution in [-0.2, 0) is 14.3 Å². The lowest BCUT2D eigenvalue weighted by molar-refractivity contribution is -0.142. The molecule has 0 aromatic carbocycles. The number of allylic oxidation sites excluding steroid dienone is 4. The lowest BCUT2D eigenvalue weighted by Crippen LogP contribution is -2.35. The van der Waals surface area contributed by atoms with Gasteiger partial charge in [-0.3, -0.25) is 14.5 Å². The van der Waals surface area contributed by atoms with E-state index in [1.807, 2.05) is 41.0 Å². The van der Waals surface area contributed by atoms with Gasteiger partial charge in [-0.2, -0.15) is 0 Å². The van der Waals surface area contributed by atoms with Crippen molar-refractivity contribution in [2.24, 2.45) is 5.92 Å².